The highest BCUT2D eigenvalue weighted by molar-refractivity contribution is 5.79. The minimum absolute atomic E-state index is 0.592. The summed E-state index contributed by atoms with van der Waals surface area (Å²) in [6.07, 6.45) is 5.77. The Morgan fingerprint density at radius 3 is 2.88 bits per heavy atom. The molecule has 1 fully saturated rings. The fourth-order valence-corrected chi connectivity index (χ4v) is 3.19. The van der Waals surface area contributed by atoms with Crippen LogP contribution >= 0.6 is 0 Å². The summed E-state index contributed by atoms with van der Waals surface area (Å²) in [6, 6.07) is 5.89. The summed E-state index contributed by atoms with van der Waals surface area (Å²) in [5.41, 5.74) is 0.859. The van der Waals surface area contributed by atoms with Gasteiger partial charge >= 0.3 is 0 Å². The first-order valence-electron chi connectivity index (χ1n) is 9.22. The topological polar surface area (TPSA) is 69.8 Å². The van der Waals surface area contributed by atoms with Crippen LogP contribution in [0, 0.1) is 5.92 Å². The van der Waals surface area contributed by atoms with Gasteiger partial charge in [0.1, 0.15) is 0 Å². The van der Waals surface area contributed by atoms with E-state index in [-0.39, 0.29) is 0 Å². The maximum Gasteiger partial charge on any atom is 0.191 e. The molecular formula is C18H29N7. The third-order valence-electron chi connectivity index (χ3n) is 4.84. The van der Waals surface area contributed by atoms with Crippen molar-refractivity contribution in [1.29, 1.82) is 0 Å². The van der Waals surface area contributed by atoms with Crippen molar-refractivity contribution in [2.75, 3.05) is 33.2 Å². The summed E-state index contributed by atoms with van der Waals surface area (Å²) in [7, 11) is 1.79. The molecule has 0 amide bonds. The number of nitrogens with one attached hydrogen (secondary N) is 2. The highest BCUT2D eigenvalue weighted by Crippen LogP contribution is 2.15. The third kappa shape index (κ3) is 4.92. The minimum Gasteiger partial charge on any atom is -0.356 e. The molecule has 1 aliphatic heterocycles. The van der Waals surface area contributed by atoms with Crippen molar-refractivity contribution >= 4 is 11.6 Å². The van der Waals surface area contributed by atoms with Crippen LogP contribution in [0.1, 0.15) is 32.0 Å². The Morgan fingerprint density at radius 2 is 2.08 bits per heavy atom. The number of nitrogens with zero attached hydrogens (tertiary/aromatic N) is 5. The lowest BCUT2D eigenvalue weighted by Crippen LogP contribution is -2.39. The molecular weight excluding hydrogens is 314 g/mol. The highest BCUT2D eigenvalue weighted by atomic mass is 15.3. The van der Waals surface area contributed by atoms with Gasteiger partial charge in [-0.25, -0.2) is 0 Å². The van der Waals surface area contributed by atoms with Crippen molar-refractivity contribution in [2.45, 2.75) is 32.7 Å². The maximum atomic E-state index is 4.29. The van der Waals surface area contributed by atoms with Crippen LogP contribution in [0.2, 0.25) is 0 Å². The van der Waals surface area contributed by atoms with E-state index in [4.69, 9.17) is 0 Å². The zero-order chi connectivity index (χ0) is 17.5. The van der Waals surface area contributed by atoms with Crippen LogP contribution in [0.25, 0.3) is 5.65 Å². The average molecular weight is 343 g/mol. The average Bonchev–Trinajstić information content (AvgIpc) is 3.06. The lowest BCUT2D eigenvalue weighted by molar-refractivity contribution is 0.191. The molecule has 0 aromatic carbocycles. The lowest BCUT2D eigenvalue weighted by atomic mass is 9.99. The fraction of sp³-hybridized carbons (Fsp3) is 0.611. The van der Waals surface area contributed by atoms with E-state index in [2.05, 4.69) is 37.6 Å². The van der Waals surface area contributed by atoms with Crippen LogP contribution in [0.3, 0.4) is 0 Å². The van der Waals surface area contributed by atoms with Crippen LogP contribution in [0.15, 0.2) is 29.4 Å². The number of piperidine rings is 1. The molecule has 0 atom stereocenters. The van der Waals surface area contributed by atoms with Gasteiger partial charge in [-0.3, -0.25) is 9.39 Å². The molecule has 7 heteroatoms. The van der Waals surface area contributed by atoms with E-state index in [9.17, 15) is 0 Å². The van der Waals surface area contributed by atoms with Crippen LogP contribution < -0.4 is 10.6 Å². The molecule has 2 aromatic heterocycles. The van der Waals surface area contributed by atoms with E-state index < -0.39 is 0 Å². The molecule has 2 aromatic rings. The largest absolute Gasteiger partial charge is 0.356 e. The number of fused-ring (bicyclic) bond motifs is 1. The number of pyridine rings is 1. The first-order chi connectivity index (χ1) is 12.3. The Labute approximate surface area is 149 Å². The number of aliphatic imine (C=N–C) groups is 1. The van der Waals surface area contributed by atoms with E-state index in [0.717, 1.165) is 42.9 Å². The summed E-state index contributed by atoms with van der Waals surface area (Å²) in [5, 5.41) is 15.1. The smallest absolute Gasteiger partial charge is 0.191 e. The molecule has 0 bridgehead atoms. The molecule has 3 heterocycles. The van der Waals surface area contributed by atoms with E-state index in [1.54, 1.807) is 7.05 Å². The Kier molecular flexibility index (Phi) is 6.22. The molecule has 2 N–H and O–H groups in total. The van der Waals surface area contributed by atoms with Gasteiger partial charge in [-0.2, -0.15) is 0 Å². The molecule has 7 nitrogen and oxygen atoms in total. The molecule has 1 saturated heterocycles. The number of guanidine groups is 1. The summed E-state index contributed by atoms with van der Waals surface area (Å²) < 4.78 is 1.98. The highest BCUT2D eigenvalue weighted by Gasteiger charge is 2.14. The molecule has 0 radical (unpaired) electrons. The first-order valence-corrected chi connectivity index (χ1v) is 9.22. The molecule has 0 spiro atoms. The molecule has 0 saturated carbocycles. The number of aromatic nitrogens is 3. The summed E-state index contributed by atoms with van der Waals surface area (Å²) in [4.78, 5) is 6.85. The van der Waals surface area contributed by atoms with Crippen LogP contribution in [0.5, 0.6) is 0 Å². The van der Waals surface area contributed by atoms with Gasteiger partial charge in [0, 0.05) is 19.8 Å². The number of rotatable bonds is 6. The molecule has 25 heavy (non-hydrogen) atoms. The van der Waals surface area contributed by atoms with Crippen molar-refractivity contribution in [1.82, 2.24) is 30.1 Å². The van der Waals surface area contributed by atoms with E-state index in [1.165, 1.54) is 25.9 Å². The summed E-state index contributed by atoms with van der Waals surface area (Å²) >= 11 is 0. The van der Waals surface area contributed by atoms with E-state index in [1.807, 2.05) is 28.8 Å². The Morgan fingerprint density at radius 1 is 1.24 bits per heavy atom. The zero-order valence-corrected chi connectivity index (χ0v) is 15.3. The van der Waals surface area contributed by atoms with Crippen LogP contribution in [-0.2, 0) is 6.54 Å². The van der Waals surface area contributed by atoms with Crippen LogP contribution in [-0.4, -0.2) is 58.7 Å². The minimum atomic E-state index is 0.592. The standard InChI is InChI=1S/C18H29N7/c1-15-7-12-24(13-8-15)10-5-9-20-18(19-2)21-14-17-23-22-16-6-3-4-11-25(16)17/h3-4,6,11,15H,5,7-10,12-14H2,1-2H3,(H2,19,20,21). The molecule has 3 rings (SSSR count). The van der Waals surface area contributed by atoms with Gasteiger partial charge in [0.05, 0.1) is 6.54 Å². The zero-order valence-electron chi connectivity index (χ0n) is 15.3. The summed E-state index contributed by atoms with van der Waals surface area (Å²) in [6.45, 7) is 7.52. The number of hydrogen-bond donors (Lipinski definition) is 2. The van der Waals surface area contributed by atoms with Crippen molar-refractivity contribution in [2.24, 2.45) is 10.9 Å². The van der Waals surface area contributed by atoms with Crippen molar-refractivity contribution < 1.29 is 0 Å². The lowest BCUT2D eigenvalue weighted by Gasteiger charge is -2.30. The summed E-state index contributed by atoms with van der Waals surface area (Å²) in [5.74, 6) is 2.58. The second kappa shape index (κ2) is 8.80. The Bertz CT molecular complexity index is 686. The van der Waals surface area contributed by atoms with Gasteiger partial charge in [-0.05, 0) is 56.9 Å². The van der Waals surface area contributed by atoms with Crippen molar-refractivity contribution in [3.63, 3.8) is 0 Å². The number of hydrogen-bond acceptors (Lipinski definition) is 4. The van der Waals surface area contributed by atoms with Gasteiger partial charge in [-0.15, -0.1) is 10.2 Å². The molecule has 136 valence electrons. The predicted octanol–water partition coefficient (Wildman–Crippen LogP) is 1.52. The second-order valence-corrected chi connectivity index (χ2v) is 6.78. The quantitative estimate of drug-likeness (QED) is 0.473. The molecule has 0 unspecified atom stereocenters. The molecule has 1 aliphatic rings. The third-order valence-corrected chi connectivity index (χ3v) is 4.84. The SMILES string of the molecule is CN=C(NCCCN1CCC(C)CC1)NCc1nnc2ccccn12. The molecule has 0 aliphatic carbocycles. The monoisotopic (exact) mass is 343 g/mol. The predicted molar refractivity (Wildman–Crippen MR) is 101 cm³/mol. The van der Waals surface area contributed by atoms with Gasteiger partial charge in [0.2, 0.25) is 0 Å². The fourth-order valence-electron chi connectivity index (χ4n) is 3.19. The normalized spacial score (nSPS) is 17.1. The van der Waals surface area contributed by atoms with Crippen molar-refractivity contribution in [3.8, 4) is 0 Å². The van der Waals surface area contributed by atoms with Gasteiger partial charge < -0.3 is 15.5 Å². The maximum absolute atomic E-state index is 4.29. The van der Waals surface area contributed by atoms with E-state index >= 15 is 0 Å². The van der Waals surface area contributed by atoms with Crippen LogP contribution in [0.4, 0.5) is 0 Å². The Balaban J connectivity index is 1.38. The first kappa shape index (κ1) is 17.7. The second-order valence-electron chi connectivity index (χ2n) is 6.78. The Hall–Kier alpha value is -2.15. The number of likely N-dealkylation sites (tertiary alicyclic amines) is 1. The van der Waals surface area contributed by atoms with Crippen molar-refractivity contribution in [3.05, 3.63) is 30.2 Å². The van der Waals surface area contributed by atoms with Gasteiger partial charge in [0.25, 0.3) is 0 Å². The van der Waals surface area contributed by atoms with E-state index in [0.29, 0.717) is 6.54 Å². The van der Waals surface area contributed by atoms with Gasteiger partial charge in [0.15, 0.2) is 17.4 Å². The van der Waals surface area contributed by atoms with Gasteiger partial charge in [-0.1, -0.05) is 13.0 Å².